The second kappa shape index (κ2) is 8.51. The number of aliphatic hydroxyl groups excluding tert-OH is 1. The Balaban J connectivity index is 1.77. The van der Waals surface area contributed by atoms with Crippen LogP contribution in [0.2, 0.25) is 0 Å². The van der Waals surface area contributed by atoms with Gasteiger partial charge in [0.05, 0.1) is 32.2 Å². The van der Waals surface area contributed by atoms with Crippen LogP contribution < -0.4 is 5.32 Å². The monoisotopic (exact) mass is 305 g/mol. The predicted octanol–water partition coefficient (Wildman–Crippen LogP) is 0.0847. The molecule has 2 rings (SSSR count). The van der Waals surface area contributed by atoms with Crippen molar-refractivity contribution in [2.24, 2.45) is 0 Å². The van der Waals surface area contributed by atoms with Gasteiger partial charge in [-0.2, -0.15) is 10.4 Å². The minimum Gasteiger partial charge on any atom is -0.394 e. The summed E-state index contributed by atoms with van der Waals surface area (Å²) in [6.45, 7) is 3.20. The van der Waals surface area contributed by atoms with E-state index in [2.05, 4.69) is 15.3 Å². The lowest BCUT2D eigenvalue weighted by Crippen LogP contribution is -2.41. The van der Waals surface area contributed by atoms with Gasteiger partial charge in [-0.3, -0.25) is 14.4 Å². The second-order valence-electron chi connectivity index (χ2n) is 5.51. The zero-order chi connectivity index (χ0) is 15.8. The highest BCUT2D eigenvalue weighted by molar-refractivity contribution is 5.78. The number of amides is 1. The van der Waals surface area contributed by atoms with Gasteiger partial charge in [0, 0.05) is 24.4 Å². The third kappa shape index (κ3) is 4.55. The van der Waals surface area contributed by atoms with Crippen LogP contribution in [0, 0.1) is 11.3 Å². The first-order valence-corrected chi connectivity index (χ1v) is 7.73. The quantitative estimate of drug-likeness (QED) is 0.696. The van der Waals surface area contributed by atoms with Crippen LogP contribution in [0.25, 0.3) is 0 Å². The number of hydrogen-bond acceptors (Lipinski definition) is 5. The summed E-state index contributed by atoms with van der Waals surface area (Å²) in [4.78, 5) is 13.9. The number of aliphatic hydroxyl groups is 1. The van der Waals surface area contributed by atoms with Gasteiger partial charge < -0.3 is 10.4 Å². The lowest BCUT2D eigenvalue weighted by molar-refractivity contribution is -0.122. The molecule has 0 aliphatic carbocycles. The van der Waals surface area contributed by atoms with Gasteiger partial charge in [-0.25, -0.2) is 0 Å². The number of aromatic nitrogens is 2. The SMILES string of the molecule is N#CCCNC(=O)CN1CCC(c2ccnn2CCO)CC1. The third-order valence-electron chi connectivity index (χ3n) is 3.99. The molecule has 2 heterocycles. The molecule has 1 fully saturated rings. The van der Waals surface area contributed by atoms with E-state index in [9.17, 15) is 4.79 Å². The Kier molecular flexibility index (Phi) is 6.37. The van der Waals surface area contributed by atoms with E-state index in [1.165, 1.54) is 5.69 Å². The van der Waals surface area contributed by atoms with Gasteiger partial charge in [-0.1, -0.05) is 0 Å². The van der Waals surface area contributed by atoms with Crippen LogP contribution in [0.5, 0.6) is 0 Å². The summed E-state index contributed by atoms with van der Waals surface area (Å²) in [7, 11) is 0. The van der Waals surface area contributed by atoms with Crippen LogP contribution in [-0.2, 0) is 11.3 Å². The van der Waals surface area contributed by atoms with Crippen LogP contribution in [0.4, 0.5) is 0 Å². The van der Waals surface area contributed by atoms with Crippen molar-refractivity contribution in [3.05, 3.63) is 18.0 Å². The molecule has 0 bridgehead atoms. The largest absolute Gasteiger partial charge is 0.394 e. The molecular formula is C15H23N5O2. The fraction of sp³-hybridized carbons (Fsp3) is 0.667. The normalized spacial score (nSPS) is 16.4. The summed E-state index contributed by atoms with van der Waals surface area (Å²) in [5.41, 5.74) is 1.17. The number of likely N-dealkylation sites (tertiary alicyclic amines) is 1. The van der Waals surface area contributed by atoms with Crippen molar-refractivity contribution in [3.63, 3.8) is 0 Å². The average molecular weight is 305 g/mol. The molecule has 1 amide bonds. The number of rotatable bonds is 7. The van der Waals surface area contributed by atoms with Crippen molar-refractivity contribution in [1.29, 1.82) is 5.26 Å². The van der Waals surface area contributed by atoms with Gasteiger partial charge >= 0.3 is 0 Å². The Morgan fingerprint density at radius 1 is 1.50 bits per heavy atom. The molecule has 1 aliphatic heterocycles. The maximum atomic E-state index is 11.7. The first kappa shape index (κ1) is 16.5. The number of carbonyl (C=O) groups is 1. The zero-order valence-corrected chi connectivity index (χ0v) is 12.7. The van der Waals surface area contributed by atoms with Gasteiger partial charge in [0.2, 0.25) is 5.91 Å². The van der Waals surface area contributed by atoms with E-state index in [-0.39, 0.29) is 12.5 Å². The lowest BCUT2D eigenvalue weighted by Gasteiger charge is -2.31. The number of piperidine rings is 1. The average Bonchev–Trinajstić information content (AvgIpc) is 2.97. The van der Waals surface area contributed by atoms with Gasteiger partial charge in [0.15, 0.2) is 0 Å². The molecule has 1 saturated heterocycles. The number of nitrogens with one attached hydrogen (secondary N) is 1. The molecule has 1 aliphatic rings. The number of hydrogen-bond donors (Lipinski definition) is 2. The fourth-order valence-electron chi connectivity index (χ4n) is 2.87. The standard InChI is InChI=1S/C15H23N5O2/c16-5-1-6-17-15(22)12-19-8-3-13(4-9-19)14-2-7-18-20(14)10-11-21/h2,7,13,21H,1,3-4,6,8-12H2,(H,17,22). The second-order valence-corrected chi connectivity index (χ2v) is 5.51. The maximum Gasteiger partial charge on any atom is 0.234 e. The minimum atomic E-state index is -0.0148. The molecule has 0 atom stereocenters. The Morgan fingerprint density at radius 3 is 2.95 bits per heavy atom. The van der Waals surface area contributed by atoms with Crippen molar-refractivity contribution in [3.8, 4) is 6.07 Å². The van der Waals surface area contributed by atoms with Gasteiger partial charge in [0.1, 0.15) is 0 Å². The lowest BCUT2D eigenvalue weighted by atomic mass is 9.93. The van der Waals surface area contributed by atoms with E-state index in [0.717, 1.165) is 25.9 Å². The number of nitrogens with zero attached hydrogens (tertiary/aromatic N) is 4. The molecule has 2 N–H and O–H groups in total. The maximum absolute atomic E-state index is 11.7. The summed E-state index contributed by atoms with van der Waals surface area (Å²) in [6, 6.07) is 4.03. The van der Waals surface area contributed by atoms with E-state index in [0.29, 0.717) is 32.0 Å². The molecule has 0 spiro atoms. The van der Waals surface area contributed by atoms with Gasteiger partial charge in [-0.05, 0) is 32.0 Å². The Labute approximate surface area is 130 Å². The molecule has 7 nitrogen and oxygen atoms in total. The fourth-order valence-corrected chi connectivity index (χ4v) is 2.87. The molecule has 0 radical (unpaired) electrons. The topological polar surface area (TPSA) is 94.2 Å². The van der Waals surface area contributed by atoms with Crippen molar-refractivity contribution in [2.75, 3.05) is 32.8 Å². The molecule has 0 unspecified atom stereocenters. The first-order valence-electron chi connectivity index (χ1n) is 7.73. The van der Waals surface area contributed by atoms with Crippen LogP contribution in [-0.4, -0.2) is 58.5 Å². The smallest absolute Gasteiger partial charge is 0.234 e. The van der Waals surface area contributed by atoms with E-state index in [1.807, 2.05) is 16.8 Å². The molecule has 0 aromatic carbocycles. The van der Waals surface area contributed by atoms with E-state index in [1.54, 1.807) is 6.20 Å². The summed E-state index contributed by atoms with van der Waals surface area (Å²) < 4.78 is 1.87. The van der Waals surface area contributed by atoms with Crippen LogP contribution in [0.15, 0.2) is 12.3 Å². The highest BCUT2D eigenvalue weighted by Crippen LogP contribution is 2.27. The highest BCUT2D eigenvalue weighted by atomic mass is 16.3. The Hall–Kier alpha value is -1.91. The highest BCUT2D eigenvalue weighted by Gasteiger charge is 2.24. The summed E-state index contributed by atoms with van der Waals surface area (Å²) >= 11 is 0. The minimum absolute atomic E-state index is 0.0148. The first-order chi connectivity index (χ1) is 10.7. The van der Waals surface area contributed by atoms with Crippen molar-refractivity contribution in [2.45, 2.75) is 31.7 Å². The van der Waals surface area contributed by atoms with E-state index in [4.69, 9.17) is 10.4 Å². The Morgan fingerprint density at radius 2 is 2.27 bits per heavy atom. The summed E-state index contributed by atoms with van der Waals surface area (Å²) in [5, 5.41) is 24.5. The van der Waals surface area contributed by atoms with Crippen LogP contribution >= 0.6 is 0 Å². The number of carbonyl (C=O) groups excluding carboxylic acids is 1. The zero-order valence-electron chi connectivity index (χ0n) is 12.7. The van der Waals surface area contributed by atoms with Crippen LogP contribution in [0.3, 0.4) is 0 Å². The van der Waals surface area contributed by atoms with Crippen molar-refractivity contribution in [1.82, 2.24) is 20.0 Å². The predicted molar refractivity (Wildman–Crippen MR) is 81.0 cm³/mol. The molecule has 22 heavy (non-hydrogen) atoms. The van der Waals surface area contributed by atoms with Gasteiger partial charge in [-0.15, -0.1) is 0 Å². The summed E-state index contributed by atoms with van der Waals surface area (Å²) in [5.74, 6) is 0.422. The van der Waals surface area contributed by atoms with E-state index >= 15 is 0 Å². The Bertz CT molecular complexity index is 514. The third-order valence-corrected chi connectivity index (χ3v) is 3.99. The molecule has 120 valence electrons. The van der Waals surface area contributed by atoms with Crippen molar-refractivity contribution >= 4 is 5.91 Å². The molecule has 0 saturated carbocycles. The summed E-state index contributed by atoms with van der Waals surface area (Å²) in [6.07, 6.45) is 4.11. The molecule has 7 heteroatoms. The van der Waals surface area contributed by atoms with Gasteiger partial charge in [0.25, 0.3) is 0 Å². The molecule has 1 aromatic rings. The molecule has 1 aromatic heterocycles. The molecular weight excluding hydrogens is 282 g/mol. The van der Waals surface area contributed by atoms with Crippen LogP contribution in [0.1, 0.15) is 30.9 Å². The van der Waals surface area contributed by atoms with E-state index < -0.39 is 0 Å². The van der Waals surface area contributed by atoms with Crippen molar-refractivity contribution < 1.29 is 9.90 Å². The number of nitriles is 1.